The molecule has 0 spiro atoms. The van der Waals surface area contributed by atoms with Crippen LogP contribution in [0.15, 0.2) is 48.5 Å². The first-order valence-corrected chi connectivity index (χ1v) is 6.62. The number of hydrogen-bond acceptors (Lipinski definition) is 3. The largest absolute Gasteiger partial charge is 0.399 e. The molecule has 0 saturated heterocycles. The zero-order valence-corrected chi connectivity index (χ0v) is 10.8. The molecule has 0 saturated carbocycles. The molecule has 1 unspecified atom stereocenters. The van der Waals surface area contributed by atoms with Crippen LogP contribution in [0.25, 0.3) is 0 Å². The van der Waals surface area contributed by atoms with Gasteiger partial charge in [0.15, 0.2) is 0 Å². The molecule has 2 aromatic rings. The number of aryl methyl sites for hydroxylation is 1. The van der Waals surface area contributed by atoms with Gasteiger partial charge in [0.1, 0.15) is 0 Å². The number of nitrogens with one attached hydrogen (secondary N) is 1. The van der Waals surface area contributed by atoms with E-state index in [0.717, 1.165) is 18.5 Å². The van der Waals surface area contributed by atoms with Gasteiger partial charge in [-0.05, 0) is 41.7 Å². The van der Waals surface area contributed by atoms with Gasteiger partial charge in [-0.15, -0.1) is 0 Å². The number of nitrogen functional groups attached to an aromatic ring is 1. The summed E-state index contributed by atoms with van der Waals surface area (Å²) in [6.45, 7) is 0.585. The van der Waals surface area contributed by atoms with E-state index in [4.69, 9.17) is 10.6 Å². The molecule has 3 heteroatoms. The van der Waals surface area contributed by atoms with Crippen LogP contribution in [-0.4, -0.2) is 0 Å². The van der Waals surface area contributed by atoms with Crippen molar-refractivity contribution in [3.8, 4) is 0 Å². The smallest absolute Gasteiger partial charge is 0.0933 e. The Bertz CT molecular complexity index is 554. The lowest BCUT2D eigenvalue weighted by Crippen LogP contribution is -2.19. The van der Waals surface area contributed by atoms with Gasteiger partial charge in [0.2, 0.25) is 0 Å². The van der Waals surface area contributed by atoms with Crippen molar-refractivity contribution in [3.63, 3.8) is 0 Å². The molecule has 0 amide bonds. The fourth-order valence-corrected chi connectivity index (χ4v) is 2.56. The number of fused-ring (bicyclic) bond motifs is 1. The summed E-state index contributed by atoms with van der Waals surface area (Å²) in [5.74, 6) is 0. The summed E-state index contributed by atoms with van der Waals surface area (Å²) in [7, 11) is 0. The van der Waals surface area contributed by atoms with Gasteiger partial charge in [0.05, 0.1) is 12.6 Å². The number of anilines is 1. The molecule has 0 fully saturated rings. The maximum absolute atomic E-state index is 5.80. The molecule has 98 valence electrons. The summed E-state index contributed by atoms with van der Waals surface area (Å²) >= 11 is 0. The zero-order valence-electron chi connectivity index (χ0n) is 10.8. The molecule has 0 heterocycles. The molecule has 3 rings (SSSR count). The van der Waals surface area contributed by atoms with Gasteiger partial charge in [0, 0.05) is 5.69 Å². The molecule has 1 aliphatic carbocycles. The first-order valence-electron chi connectivity index (χ1n) is 6.62. The predicted molar refractivity (Wildman–Crippen MR) is 76.3 cm³/mol. The molecular formula is C16H18N2O. The first-order chi connectivity index (χ1) is 9.33. The van der Waals surface area contributed by atoms with Gasteiger partial charge in [-0.3, -0.25) is 4.84 Å². The van der Waals surface area contributed by atoms with E-state index < -0.39 is 0 Å². The third-order valence-corrected chi connectivity index (χ3v) is 3.55. The van der Waals surface area contributed by atoms with Crippen LogP contribution < -0.4 is 11.2 Å². The van der Waals surface area contributed by atoms with E-state index in [0.29, 0.717) is 6.61 Å². The Morgan fingerprint density at radius 1 is 1.16 bits per heavy atom. The van der Waals surface area contributed by atoms with Crippen LogP contribution in [-0.2, 0) is 17.9 Å². The SMILES string of the molecule is Nc1ccc2c(c1)CCC2NOCc1ccccc1. The van der Waals surface area contributed by atoms with Crippen molar-refractivity contribution in [2.75, 3.05) is 5.73 Å². The highest BCUT2D eigenvalue weighted by Crippen LogP contribution is 2.32. The van der Waals surface area contributed by atoms with Gasteiger partial charge in [-0.1, -0.05) is 36.4 Å². The van der Waals surface area contributed by atoms with Crippen molar-refractivity contribution in [3.05, 3.63) is 65.2 Å². The molecule has 3 N–H and O–H groups in total. The summed E-state index contributed by atoms with van der Waals surface area (Å²) in [5, 5.41) is 0. The third kappa shape index (κ3) is 2.78. The minimum atomic E-state index is 0.277. The van der Waals surface area contributed by atoms with Crippen LogP contribution in [0.3, 0.4) is 0 Å². The molecule has 1 atom stereocenters. The number of hydroxylamine groups is 1. The Labute approximate surface area is 113 Å². The minimum Gasteiger partial charge on any atom is -0.399 e. The van der Waals surface area contributed by atoms with Crippen LogP contribution in [0.1, 0.15) is 29.2 Å². The quantitative estimate of drug-likeness (QED) is 0.651. The number of hydrogen-bond donors (Lipinski definition) is 2. The number of benzene rings is 2. The monoisotopic (exact) mass is 254 g/mol. The topological polar surface area (TPSA) is 47.3 Å². The van der Waals surface area contributed by atoms with Crippen molar-refractivity contribution in [2.45, 2.75) is 25.5 Å². The van der Waals surface area contributed by atoms with E-state index >= 15 is 0 Å². The average molecular weight is 254 g/mol. The minimum absolute atomic E-state index is 0.277. The summed E-state index contributed by atoms with van der Waals surface area (Å²) in [6.07, 6.45) is 2.13. The molecule has 0 aliphatic heterocycles. The zero-order chi connectivity index (χ0) is 13.1. The fourth-order valence-electron chi connectivity index (χ4n) is 2.56. The van der Waals surface area contributed by atoms with Crippen molar-refractivity contribution in [2.24, 2.45) is 0 Å². The van der Waals surface area contributed by atoms with Crippen LogP contribution in [0, 0.1) is 0 Å². The summed E-state index contributed by atoms with van der Waals surface area (Å²) in [4.78, 5) is 5.61. The van der Waals surface area contributed by atoms with Crippen molar-refractivity contribution >= 4 is 5.69 Å². The highest BCUT2D eigenvalue weighted by Gasteiger charge is 2.22. The van der Waals surface area contributed by atoms with E-state index in [-0.39, 0.29) is 6.04 Å². The second kappa shape index (κ2) is 5.43. The lowest BCUT2D eigenvalue weighted by Gasteiger charge is -2.14. The highest BCUT2D eigenvalue weighted by atomic mass is 16.6. The number of rotatable bonds is 4. The summed E-state index contributed by atoms with van der Waals surface area (Å²) in [6, 6.07) is 16.6. The molecule has 0 radical (unpaired) electrons. The van der Waals surface area contributed by atoms with Crippen molar-refractivity contribution < 1.29 is 4.84 Å². The van der Waals surface area contributed by atoms with E-state index in [9.17, 15) is 0 Å². The lowest BCUT2D eigenvalue weighted by molar-refractivity contribution is 0.00332. The molecule has 3 nitrogen and oxygen atoms in total. The second-order valence-corrected chi connectivity index (χ2v) is 4.94. The molecule has 19 heavy (non-hydrogen) atoms. The van der Waals surface area contributed by atoms with Crippen LogP contribution in [0.4, 0.5) is 5.69 Å². The third-order valence-electron chi connectivity index (χ3n) is 3.55. The predicted octanol–water partition coefficient (Wildman–Crippen LogP) is 2.98. The highest BCUT2D eigenvalue weighted by molar-refractivity contribution is 5.47. The maximum Gasteiger partial charge on any atom is 0.0933 e. The Kier molecular flexibility index (Phi) is 3.49. The van der Waals surface area contributed by atoms with E-state index in [1.165, 1.54) is 16.7 Å². The van der Waals surface area contributed by atoms with Crippen molar-refractivity contribution in [1.29, 1.82) is 0 Å². The fraction of sp³-hybridized carbons (Fsp3) is 0.250. The van der Waals surface area contributed by atoms with E-state index in [2.05, 4.69) is 29.7 Å². The summed E-state index contributed by atoms with van der Waals surface area (Å²) in [5.41, 5.74) is 13.6. The van der Waals surface area contributed by atoms with Crippen molar-refractivity contribution in [1.82, 2.24) is 5.48 Å². The molecule has 0 aromatic heterocycles. The average Bonchev–Trinajstić information content (AvgIpc) is 2.82. The van der Waals surface area contributed by atoms with Crippen LogP contribution in [0.5, 0.6) is 0 Å². The first kappa shape index (κ1) is 12.2. The molecular weight excluding hydrogens is 236 g/mol. The van der Waals surface area contributed by atoms with Crippen LogP contribution >= 0.6 is 0 Å². The molecule has 0 bridgehead atoms. The Morgan fingerprint density at radius 3 is 2.84 bits per heavy atom. The number of nitrogens with two attached hydrogens (primary N) is 1. The van der Waals surface area contributed by atoms with Crippen LogP contribution in [0.2, 0.25) is 0 Å². The Hall–Kier alpha value is -1.84. The van der Waals surface area contributed by atoms with Gasteiger partial charge < -0.3 is 5.73 Å². The summed E-state index contributed by atoms with van der Waals surface area (Å²) < 4.78 is 0. The molecule has 1 aliphatic rings. The Balaban J connectivity index is 1.58. The maximum atomic E-state index is 5.80. The van der Waals surface area contributed by atoms with E-state index in [1.54, 1.807) is 0 Å². The standard InChI is InChI=1S/C16H18N2O/c17-14-7-8-15-13(10-14)6-9-16(15)18-19-11-12-4-2-1-3-5-12/h1-5,7-8,10,16,18H,6,9,11,17H2. The van der Waals surface area contributed by atoms with E-state index in [1.807, 2.05) is 24.3 Å². The molecule has 2 aromatic carbocycles. The van der Waals surface area contributed by atoms with Gasteiger partial charge in [0.25, 0.3) is 0 Å². The van der Waals surface area contributed by atoms with Gasteiger partial charge >= 0.3 is 0 Å². The Morgan fingerprint density at radius 2 is 2.00 bits per heavy atom. The van der Waals surface area contributed by atoms with Gasteiger partial charge in [-0.25, -0.2) is 0 Å². The second-order valence-electron chi connectivity index (χ2n) is 4.94. The van der Waals surface area contributed by atoms with Gasteiger partial charge in [-0.2, -0.15) is 5.48 Å². The lowest BCUT2D eigenvalue weighted by atomic mass is 10.1. The normalized spacial score (nSPS) is 17.4.